The van der Waals surface area contributed by atoms with E-state index in [1.54, 1.807) is 0 Å². The van der Waals surface area contributed by atoms with E-state index in [-0.39, 0.29) is 24.4 Å². The average Bonchev–Trinajstić information content (AvgIpc) is 2.12. The van der Waals surface area contributed by atoms with Gasteiger partial charge in [0.2, 0.25) is 0 Å². The Kier molecular flexibility index (Phi) is 1.93. The summed E-state index contributed by atoms with van der Waals surface area (Å²) < 4.78 is 5.29. The molecule has 1 saturated heterocycles. The van der Waals surface area contributed by atoms with Crippen molar-refractivity contribution in [1.29, 1.82) is 0 Å². The summed E-state index contributed by atoms with van der Waals surface area (Å²) >= 11 is 0. The van der Waals surface area contributed by atoms with Gasteiger partial charge in [-0.15, -0.1) is 0 Å². The van der Waals surface area contributed by atoms with Crippen LogP contribution in [-0.2, 0) is 4.74 Å². The van der Waals surface area contributed by atoms with Gasteiger partial charge in [0.15, 0.2) is 5.79 Å². The number of aliphatic hydroxyl groups is 3. The molecule has 3 unspecified atom stereocenters. The highest BCUT2D eigenvalue weighted by Crippen LogP contribution is 2.51. The molecule has 0 bridgehead atoms. The van der Waals surface area contributed by atoms with Crippen LogP contribution in [0.2, 0.25) is 0 Å². The molecule has 1 aliphatic heterocycles. The van der Waals surface area contributed by atoms with Gasteiger partial charge in [-0.05, 0) is 5.92 Å². The molecule has 2 fully saturated rings. The third kappa shape index (κ3) is 1.13. The molecule has 5 atom stereocenters. The molecule has 0 aromatic rings. The quantitative estimate of drug-likeness (QED) is 0.517. The smallest absolute Gasteiger partial charge is 0.176 e. The lowest BCUT2D eigenvalue weighted by Gasteiger charge is -2.50. The number of rotatable bonds is 1. The van der Waals surface area contributed by atoms with Crippen molar-refractivity contribution in [2.24, 2.45) is 11.8 Å². The SMILES string of the molecule is CC(C)[C@@H]1OC2(O)C[C@@H](O)C(O)C12. The highest BCUT2D eigenvalue weighted by atomic mass is 16.7. The Morgan fingerprint density at radius 2 is 2.00 bits per heavy atom. The lowest BCUT2D eigenvalue weighted by atomic mass is 9.81. The second-order valence-corrected chi connectivity index (χ2v) is 4.46. The fourth-order valence-electron chi connectivity index (χ4n) is 2.43. The van der Waals surface area contributed by atoms with E-state index in [2.05, 4.69) is 0 Å². The number of hydrogen-bond donors (Lipinski definition) is 3. The van der Waals surface area contributed by atoms with Crippen molar-refractivity contribution in [3.05, 3.63) is 0 Å². The topological polar surface area (TPSA) is 69.9 Å². The van der Waals surface area contributed by atoms with Crippen LogP contribution in [0.15, 0.2) is 0 Å². The van der Waals surface area contributed by atoms with Gasteiger partial charge in [0, 0.05) is 6.42 Å². The summed E-state index contributed by atoms with van der Waals surface area (Å²) in [6.45, 7) is 3.95. The number of hydrogen-bond acceptors (Lipinski definition) is 4. The van der Waals surface area contributed by atoms with E-state index >= 15 is 0 Å². The van der Waals surface area contributed by atoms with Crippen LogP contribution in [0, 0.1) is 11.8 Å². The van der Waals surface area contributed by atoms with E-state index in [1.807, 2.05) is 13.8 Å². The Morgan fingerprint density at radius 1 is 1.38 bits per heavy atom. The van der Waals surface area contributed by atoms with Crippen LogP contribution in [-0.4, -0.2) is 39.4 Å². The van der Waals surface area contributed by atoms with Gasteiger partial charge in [0.1, 0.15) is 0 Å². The summed E-state index contributed by atoms with van der Waals surface area (Å²) in [5.41, 5.74) is 0. The van der Waals surface area contributed by atoms with E-state index in [0.717, 1.165) is 0 Å². The number of ether oxygens (including phenoxy) is 1. The molecule has 1 heterocycles. The molecule has 2 rings (SSSR count). The fraction of sp³-hybridized carbons (Fsp3) is 1.00. The molecule has 4 nitrogen and oxygen atoms in total. The summed E-state index contributed by atoms with van der Waals surface area (Å²) in [6.07, 6.45) is -1.69. The van der Waals surface area contributed by atoms with Crippen molar-refractivity contribution in [2.75, 3.05) is 0 Å². The molecule has 1 saturated carbocycles. The minimum Gasteiger partial charge on any atom is -0.390 e. The first-order valence-electron chi connectivity index (χ1n) is 4.72. The first-order valence-corrected chi connectivity index (χ1v) is 4.72. The summed E-state index contributed by atoms with van der Waals surface area (Å²) in [6, 6.07) is 0. The van der Waals surface area contributed by atoms with Crippen LogP contribution in [0.3, 0.4) is 0 Å². The molecular weight excluding hydrogens is 172 g/mol. The molecule has 0 aromatic heterocycles. The van der Waals surface area contributed by atoms with Gasteiger partial charge < -0.3 is 20.1 Å². The van der Waals surface area contributed by atoms with Crippen molar-refractivity contribution in [3.8, 4) is 0 Å². The van der Waals surface area contributed by atoms with Gasteiger partial charge in [0.25, 0.3) is 0 Å². The molecule has 0 amide bonds. The fourth-order valence-corrected chi connectivity index (χ4v) is 2.43. The summed E-state index contributed by atoms with van der Waals surface area (Å²) in [5.74, 6) is -1.33. The van der Waals surface area contributed by atoms with Gasteiger partial charge >= 0.3 is 0 Å². The maximum Gasteiger partial charge on any atom is 0.176 e. The third-order valence-electron chi connectivity index (χ3n) is 3.14. The summed E-state index contributed by atoms with van der Waals surface area (Å²) in [4.78, 5) is 0. The highest BCUT2D eigenvalue weighted by molar-refractivity contribution is 5.07. The third-order valence-corrected chi connectivity index (χ3v) is 3.14. The van der Waals surface area contributed by atoms with Gasteiger partial charge in [-0.25, -0.2) is 0 Å². The van der Waals surface area contributed by atoms with E-state index in [1.165, 1.54) is 0 Å². The van der Waals surface area contributed by atoms with E-state index < -0.39 is 18.0 Å². The van der Waals surface area contributed by atoms with Crippen LogP contribution in [0.4, 0.5) is 0 Å². The second kappa shape index (κ2) is 2.67. The van der Waals surface area contributed by atoms with Crippen molar-refractivity contribution in [3.63, 3.8) is 0 Å². The molecule has 0 spiro atoms. The van der Waals surface area contributed by atoms with Crippen LogP contribution < -0.4 is 0 Å². The lowest BCUT2D eigenvalue weighted by Crippen LogP contribution is -2.61. The number of aliphatic hydroxyl groups excluding tert-OH is 2. The van der Waals surface area contributed by atoms with Gasteiger partial charge in [-0.1, -0.05) is 13.8 Å². The zero-order chi connectivity index (χ0) is 9.80. The highest BCUT2D eigenvalue weighted by Gasteiger charge is 2.65. The zero-order valence-electron chi connectivity index (χ0n) is 7.84. The molecule has 1 aliphatic carbocycles. The van der Waals surface area contributed by atoms with Crippen molar-refractivity contribution >= 4 is 0 Å². The van der Waals surface area contributed by atoms with Gasteiger partial charge in [-0.3, -0.25) is 0 Å². The number of fused-ring (bicyclic) bond motifs is 1. The minimum absolute atomic E-state index is 0.127. The Morgan fingerprint density at radius 3 is 2.46 bits per heavy atom. The second-order valence-electron chi connectivity index (χ2n) is 4.46. The molecule has 0 radical (unpaired) electrons. The largest absolute Gasteiger partial charge is 0.390 e. The monoisotopic (exact) mass is 188 g/mol. The van der Waals surface area contributed by atoms with Crippen LogP contribution in [0.1, 0.15) is 20.3 Å². The standard InChI is InChI=1S/C9H16O4/c1-4(2)8-6-7(11)5(10)3-9(6,12)13-8/h4-8,10-12H,3H2,1-2H3/t5-,6?,7?,8+,9?/m1/s1. The van der Waals surface area contributed by atoms with Crippen molar-refractivity contribution in [1.82, 2.24) is 0 Å². The molecule has 0 aromatic carbocycles. The molecule has 13 heavy (non-hydrogen) atoms. The zero-order valence-corrected chi connectivity index (χ0v) is 7.84. The summed E-state index contributed by atoms with van der Waals surface area (Å²) in [5, 5.41) is 28.7. The van der Waals surface area contributed by atoms with Gasteiger partial charge in [-0.2, -0.15) is 0 Å². The normalized spacial score (nSPS) is 54.9. The minimum atomic E-state index is -1.27. The van der Waals surface area contributed by atoms with E-state index in [4.69, 9.17) is 4.74 Å². The van der Waals surface area contributed by atoms with Crippen LogP contribution >= 0.6 is 0 Å². The van der Waals surface area contributed by atoms with Crippen LogP contribution in [0.5, 0.6) is 0 Å². The van der Waals surface area contributed by atoms with Crippen LogP contribution in [0.25, 0.3) is 0 Å². The van der Waals surface area contributed by atoms with E-state index in [0.29, 0.717) is 0 Å². The Hall–Kier alpha value is -0.160. The Labute approximate surface area is 77.1 Å². The predicted molar refractivity (Wildman–Crippen MR) is 44.8 cm³/mol. The maximum absolute atomic E-state index is 9.77. The molecule has 4 heteroatoms. The van der Waals surface area contributed by atoms with Crippen molar-refractivity contribution < 1.29 is 20.1 Å². The lowest BCUT2D eigenvalue weighted by molar-refractivity contribution is -0.371. The maximum atomic E-state index is 9.77. The first kappa shape index (κ1) is 9.40. The Balaban J connectivity index is 2.14. The van der Waals surface area contributed by atoms with Crippen molar-refractivity contribution in [2.45, 2.75) is 44.4 Å². The molecular formula is C9H16O4. The molecule has 3 N–H and O–H groups in total. The van der Waals surface area contributed by atoms with E-state index in [9.17, 15) is 15.3 Å². The summed E-state index contributed by atoms with van der Waals surface area (Å²) in [7, 11) is 0. The Bertz CT molecular complexity index is 218. The first-order chi connectivity index (χ1) is 5.96. The predicted octanol–water partition coefficient (Wildman–Crippen LogP) is -0.528. The average molecular weight is 188 g/mol. The van der Waals surface area contributed by atoms with Gasteiger partial charge in [0.05, 0.1) is 24.2 Å². The molecule has 76 valence electrons. The molecule has 2 aliphatic rings.